The zero-order valence-electron chi connectivity index (χ0n) is 16.6. The Morgan fingerprint density at radius 1 is 1.04 bits per heavy atom. The third kappa shape index (κ3) is 16.1. The van der Waals surface area contributed by atoms with Crippen LogP contribution in [-0.4, -0.2) is 51.3 Å². The quantitative estimate of drug-likeness (QED) is 0.211. The molecular weight excluding hydrogens is 386 g/mol. The molecule has 1 atom stereocenters. The first kappa shape index (κ1) is 26.4. The molecule has 11 heteroatoms. The summed E-state index contributed by atoms with van der Waals surface area (Å²) in [7, 11) is -8.87. The number of hydrogen-bond donors (Lipinski definition) is 1. The number of hydrogen-bond acceptors (Lipinski definition) is 4. The molecule has 0 aromatic rings. The molecule has 0 radical (unpaired) electrons. The minimum absolute atomic E-state index is 0.441. The van der Waals surface area contributed by atoms with E-state index < -0.39 is 14.9 Å². The minimum atomic E-state index is -6.00. The lowest BCUT2D eigenvalue weighted by atomic mass is 10.2. The predicted molar refractivity (Wildman–Crippen MR) is 101 cm³/mol. The molecule has 0 aromatic carbocycles. The summed E-state index contributed by atoms with van der Waals surface area (Å²) in [6.45, 7) is 9.99. The van der Waals surface area contributed by atoms with E-state index >= 15 is 0 Å². The lowest BCUT2D eigenvalue weighted by molar-refractivity contribution is -0.849. The van der Waals surface area contributed by atoms with Crippen molar-refractivity contribution in [1.29, 1.82) is 0 Å². The van der Waals surface area contributed by atoms with Gasteiger partial charge in [-0.15, -0.1) is 0 Å². The van der Waals surface area contributed by atoms with Crippen molar-refractivity contribution < 1.29 is 35.8 Å². The summed E-state index contributed by atoms with van der Waals surface area (Å²) in [4.78, 5) is 3.83. The fourth-order valence-corrected chi connectivity index (χ4v) is 4.35. The molecule has 1 N–H and O–H groups in total. The molecule has 5 nitrogen and oxygen atoms in total. The molecule has 0 aromatic heterocycles. The maximum Gasteiger partial charge on any atom is 0.673 e. The Morgan fingerprint density at radius 2 is 1.63 bits per heavy atom. The second-order valence-corrected chi connectivity index (χ2v) is 8.46. The molecule has 0 amide bonds. The zero-order chi connectivity index (χ0) is 20.8. The van der Waals surface area contributed by atoms with Crippen LogP contribution < -0.4 is 4.90 Å². The SMILES string of the molecule is CCCCCC[NH+]1C=CN(CCCP(=O)(OCC)OCC)C1.F[B-](F)(F)F. The van der Waals surface area contributed by atoms with Gasteiger partial charge in [-0.2, -0.15) is 0 Å². The summed E-state index contributed by atoms with van der Waals surface area (Å²) >= 11 is 0. The van der Waals surface area contributed by atoms with Gasteiger partial charge in [0.1, 0.15) is 6.20 Å². The van der Waals surface area contributed by atoms with Crippen molar-refractivity contribution in [2.45, 2.75) is 52.9 Å². The number of unbranched alkanes of at least 4 members (excludes halogenated alkanes) is 3. The summed E-state index contributed by atoms with van der Waals surface area (Å²) < 4.78 is 62.0. The Balaban J connectivity index is 0.00000119. The summed E-state index contributed by atoms with van der Waals surface area (Å²) in [5.74, 6) is 0. The maximum atomic E-state index is 12.4. The second kappa shape index (κ2) is 14.4. The zero-order valence-corrected chi connectivity index (χ0v) is 17.5. The van der Waals surface area contributed by atoms with E-state index in [0.29, 0.717) is 19.4 Å². The molecule has 1 heterocycles. The van der Waals surface area contributed by atoms with Gasteiger partial charge >= 0.3 is 14.9 Å². The first-order chi connectivity index (χ1) is 12.6. The molecule has 1 aliphatic rings. The van der Waals surface area contributed by atoms with Gasteiger partial charge < -0.3 is 31.2 Å². The van der Waals surface area contributed by atoms with Gasteiger partial charge in [0.15, 0.2) is 6.67 Å². The molecule has 0 bridgehead atoms. The molecule has 0 aliphatic carbocycles. The average Bonchev–Trinajstić information content (AvgIpc) is 2.98. The average molecular weight is 420 g/mol. The van der Waals surface area contributed by atoms with Crippen molar-refractivity contribution in [2.75, 3.05) is 39.1 Å². The third-order valence-electron chi connectivity index (χ3n) is 3.81. The molecule has 0 fully saturated rings. The van der Waals surface area contributed by atoms with Crippen LogP contribution in [0.4, 0.5) is 17.3 Å². The van der Waals surface area contributed by atoms with E-state index in [1.165, 1.54) is 37.1 Å². The van der Waals surface area contributed by atoms with E-state index in [9.17, 15) is 21.8 Å². The van der Waals surface area contributed by atoms with E-state index in [0.717, 1.165) is 19.6 Å². The third-order valence-corrected chi connectivity index (χ3v) is 5.97. The van der Waals surface area contributed by atoms with Gasteiger partial charge in [-0.1, -0.05) is 19.8 Å². The minimum Gasteiger partial charge on any atom is -0.418 e. The van der Waals surface area contributed by atoms with Gasteiger partial charge in [0.2, 0.25) is 0 Å². The topological polar surface area (TPSA) is 43.2 Å². The maximum absolute atomic E-state index is 12.4. The van der Waals surface area contributed by atoms with E-state index in [1.807, 2.05) is 13.8 Å². The normalized spacial score (nSPS) is 17.1. The first-order valence-electron chi connectivity index (χ1n) is 9.66. The van der Waals surface area contributed by atoms with Crippen molar-refractivity contribution in [1.82, 2.24) is 4.90 Å². The van der Waals surface area contributed by atoms with E-state index in [2.05, 4.69) is 24.2 Å². The lowest BCUT2D eigenvalue weighted by Gasteiger charge is -2.20. The molecule has 0 saturated heterocycles. The van der Waals surface area contributed by atoms with Crippen LogP contribution in [0.3, 0.4) is 0 Å². The largest absolute Gasteiger partial charge is 0.673 e. The molecule has 1 unspecified atom stereocenters. The van der Waals surface area contributed by atoms with Crippen molar-refractivity contribution in [3.8, 4) is 0 Å². The van der Waals surface area contributed by atoms with Crippen LogP contribution in [0, 0.1) is 0 Å². The smallest absolute Gasteiger partial charge is 0.418 e. The van der Waals surface area contributed by atoms with Crippen LogP contribution in [0.25, 0.3) is 0 Å². The summed E-state index contributed by atoms with van der Waals surface area (Å²) in [5, 5.41) is 0. The highest BCUT2D eigenvalue weighted by Gasteiger charge is 2.24. The highest BCUT2D eigenvalue weighted by atomic mass is 31.2. The van der Waals surface area contributed by atoms with E-state index in [4.69, 9.17) is 9.05 Å². The number of nitrogens with zero attached hydrogens (tertiary/aromatic N) is 1. The summed E-state index contributed by atoms with van der Waals surface area (Å²) in [5.41, 5.74) is 0. The van der Waals surface area contributed by atoms with Crippen LogP contribution in [0.15, 0.2) is 12.4 Å². The number of quaternary nitrogens is 1. The molecule has 1 aliphatic heterocycles. The number of nitrogens with one attached hydrogen (secondary N) is 1. The highest BCUT2D eigenvalue weighted by molar-refractivity contribution is 7.53. The Labute approximate surface area is 160 Å². The molecular formula is C16H34BF4N2O3P. The lowest BCUT2D eigenvalue weighted by Crippen LogP contribution is -3.07. The van der Waals surface area contributed by atoms with Crippen LogP contribution in [0.1, 0.15) is 52.9 Å². The van der Waals surface area contributed by atoms with Gasteiger partial charge in [-0.3, -0.25) is 9.46 Å². The van der Waals surface area contributed by atoms with Crippen LogP contribution in [0.5, 0.6) is 0 Å². The second-order valence-electron chi connectivity index (χ2n) is 6.27. The number of rotatable bonds is 13. The molecule has 27 heavy (non-hydrogen) atoms. The number of halogens is 4. The molecule has 1 rings (SSSR count). The Bertz CT molecular complexity index is 440. The fraction of sp³-hybridized carbons (Fsp3) is 0.875. The van der Waals surface area contributed by atoms with E-state index in [1.54, 1.807) is 0 Å². The molecule has 0 spiro atoms. The molecule has 0 saturated carbocycles. The monoisotopic (exact) mass is 420 g/mol. The predicted octanol–water partition coefficient (Wildman–Crippen LogP) is 4.15. The van der Waals surface area contributed by atoms with Crippen molar-refractivity contribution in [3.63, 3.8) is 0 Å². The van der Waals surface area contributed by atoms with Gasteiger partial charge in [0.05, 0.1) is 32.1 Å². The fourth-order valence-electron chi connectivity index (χ4n) is 2.70. The van der Waals surface area contributed by atoms with Crippen molar-refractivity contribution in [2.24, 2.45) is 0 Å². The van der Waals surface area contributed by atoms with Gasteiger partial charge in [0, 0.05) is 6.54 Å². The van der Waals surface area contributed by atoms with Crippen LogP contribution in [0.2, 0.25) is 0 Å². The summed E-state index contributed by atoms with van der Waals surface area (Å²) in [6.07, 6.45) is 11.0. The Kier molecular flexibility index (Phi) is 14.1. The van der Waals surface area contributed by atoms with Gasteiger partial charge in [-0.05, 0) is 33.1 Å². The standard InChI is InChI=1S/C16H33N2O3P.BF4/c1-4-7-8-9-11-17-13-14-18(16-17)12-10-15-22(19,20-5-2)21-6-3;2-1(3,4)5/h13-14H,4-12,15-16H2,1-3H3;/q;-1/p+1. The van der Waals surface area contributed by atoms with E-state index in [-0.39, 0.29) is 0 Å². The molecule has 162 valence electrons. The van der Waals surface area contributed by atoms with Crippen LogP contribution >= 0.6 is 7.60 Å². The van der Waals surface area contributed by atoms with Gasteiger partial charge in [-0.25, -0.2) is 0 Å². The van der Waals surface area contributed by atoms with Crippen molar-refractivity contribution >= 4 is 14.9 Å². The Morgan fingerprint density at radius 3 is 2.15 bits per heavy atom. The van der Waals surface area contributed by atoms with Gasteiger partial charge in [0.25, 0.3) is 0 Å². The highest BCUT2D eigenvalue weighted by Crippen LogP contribution is 2.48. The van der Waals surface area contributed by atoms with Crippen LogP contribution in [-0.2, 0) is 13.6 Å². The summed E-state index contributed by atoms with van der Waals surface area (Å²) in [6, 6.07) is 0. The van der Waals surface area contributed by atoms with Crippen molar-refractivity contribution in [3.05, 3.63) is 12.4 Å². The Hall–Kier alpha value is -0.565. The first-order valence-corrected chi connectivity index (χ1v) is 11.4.